The van der Waals surface area contributed by atoms with E-state index in [4.69, 9.17) is 4.74 Å². The number of amides is 1. The second-order valence-corrected chi connectivity index (χ2v) is 8.70. The van der Waals surface area contributed by atoms with Gasteiger partial charge in [-0.25, -0.2) is 13.9 Å². The summed E-state index contributed by atoms with van der Waals surface area (Å²) in [5, 5.41) is 15.9. The molecule has 1 aliphatic carbocycles. The lowest BCUT2D eigenvalue weighted by Crippen LogP contribution is -2.19. The number of rotatable bonds is 7. The molecule has 0 aliphatic heterocycles. The first-order valence-electron chi connectivity index (χ1n) is 11.4. The Morgan fingerprint density at radius 2 is 1.78 bits per heavy atom. The minimum absolute atomic E-state index is 0.164. The number of carboxylic acid groups (broad SMARTS) is 1. The number of carboxylic acids is 1. The van der Waals surface area contributed by atoms with E-state index in [0.29, 0.717) is 24.2 Å². The average Bonchev–Trinajstić information content (AvgIpc) is 3.64. The molecule has 0 bridgehead atoms. The molecule has 1 amide bonds. The molecule has 0 saturated heterocycles. The SMILES string of the molecule is CC(OC(=O)Nc1c(F)cnn1-c1ccc(-c2ccc(C3(C(=O)O)CC3)cc2)nc1)c1ccccc1. The Kier molecular flexibility index (Phi) is 5.97. The van der Waals surface area contributed by atoms with Gasteiger partial charge in [0.1, 0.15) is 6.10 Å². The number of nitrogens with zero attached hydrogens (tertiary/aromatic N) is 3. The van der Waals surface area contributed by atoms with Crippen LogP contribution < -0.4 is 5.32 Å². The molecule has 4 aromatic rings. The molecule has 0 spiro atoms. The number of anilines is 1. The van der Waals surface area contributed by atoms with E-state index in [1.807, 2.05) is 54.6 Å². The molecular weight excluding hydrogens is 463 g/mol. The van der Waals surface area contributed by atoms with Gasteiger partial charge in [0.15, 0.2) is 11.6 Å². The van der Waals surface area contributed by atoms with Crippen LogP contribution in [0.1, 0.15) is 37.0 Å². The first-order valence-corrected chi connectivity index (χ1v) is 11.4. The summed E-state index contributed by atoms with van der Waals surface area (Å²) in [6.07, 6.45) is 2.46. The zero-order valence-electron chi connectivity index (χ0n) is 19.4. The van der Waals surface area contributed by atoms with Crippen LogP contribution in [-0.4, -0.2) is 31.9 Å². The molecule has 36 heavy (non-hydrogen) atoms. The van der Waals surface area contributed by atoms with Crippen molar-refractivity contribution in [2.24, 2.45) is 0 Å². The van der Waals surface area contributed by atoms with Crippen LogP contribution in [0.3, 0.4) is 0 Å². The molecule has 2 aromatic carbocycles. The van der Waals surface area contributed by atoms with Gasteiger partial charge in [-0.2, -0.15) is 5.10 Å². The van der Waals surface area contributed by atoms with Crippen LogP contribution in [0, 0.1) is 5.82 Å². The van der Waals surface area contributed by atoms with E-state index in [2.05, 4.69) is 15.4 Å². The first-order chi connectivity index (χ1) is 17.4. The number of aliphatic carboxylic acids is 1. The molecule has 182 valence electrons. The number of ether oxygens (including phenoxy) is 1. The van der Waals surface area contributed by atoms with Crippen molar-refractivity contribution in [3.05, 3.63) is 96.1 Å². The van der Waals surface area contributed by atoms with Crippen molar-refractivity contribution in [1.82, 2.24) is 14.8 Å². The third-order valence-electron chi connectivity index (χ3n) is 6.38. The molecule has 1 aliphatic rings. The van der Waals surface area contributed by atoms with Crippen LogP contribution in [-0.2, 0) is 14.9 Å². The Bertz CT molecular complexity index is 1400. The van der Waals surface area contributed by atoms with Crippen molar-refractivity contribution < 1.29 is 23.8 Å². The minimum Gasteiger partial charge on any atom is -0.481 e. The Hall–Kier alpha value is -4.53. The van der Waals surface area contributed by atoms with Gasteiger partial charge in [0.2, 0.25) is 0 Å². The highest BCUT2D eigenvalue weighted by Gasteiger charge is 2.51. The molecule has 1 saturated carbocycles. The lowest BCUT2D eigenvalue weighted by Gasteiger charge is -2.15. The predicted octanol–water partition coefficient (Wildman–Crippen LogP) is 5.50. The number of hydrogen-bond donors (Lipinski definition) is 2. The average molecular weight is 487 g/mol. The highest BCUT2D eigenvalue weighted by Crippen LogP contribution is 2.48. The smallest absolute Gasteiger partial charge is 0.413 e. The Balaban J connectivity index is 1.30. The number of benzene rings is 2. The summed E-state index contributed by atoms with van der Waals surface area (Å²) in [5.74, 6) is -1.68. The molecule has 2 N–H and O–H groups in total. The van der Waals surface area contributed by atoms with Gasteiger partial charge in [-0.05, 0) is 43.0 Å². The van der Waals surface area contributed by atoms with E-state index in [9.17, 15) is 19.1 Å². The largest absolute Gasteiger partial charge is 0.481 e. The number of carbonyl (C=O) groups excluding carboxylic acids is 1. The second kappa shape index (κ2) is 9.26. The summed E-state index contributed by atoms with van der Waals surface area (Å²) >= 11 is 0. The fraction of sp³-hybridized carbons (Fsp3) is 0.185. The molecule has 2 heterocycles. The minimum atomic E-state index is -0.813. The summed E-state index contributed by atoms with van der Waals surface area (Å²) in [7, 11) is 0. The number of halogens is 1. The Morgan fingerprint density at radius 3 is 2.39 bits per heavy atom. The summed E-state index contributed by atoms with van der Waals surface area (Å²) in [5.41, 5.74) is 2.74. The summed E-state index contributed by atoms with van der Waals surface area (Å²) in [6.45, 7) is 1.73. The van der Waals surface area contributed by atoms with Gasteiger partial charge in [-0.15, -0.1) is 0 Å². The molecule has 8 nitrogen and oxygen atoms in total. The number of carbonyl (C=O) groups is 2. The van der Waals surface area contributed by atoms with E-state index in [1.165, 1.54) is 10.9 Å². The van der Waals surface area contributed by atoms with Crippen LogP contribution in [0.2, 0.25) is 0 Å². The predicted molar refractivity (Wildman–Crippen MR) is 130 cm³/mol. The molecule has 5 rings (SSSR count). The summed E-state index contributed by atoms with van der Waals surface area (Å²) in [6, 6.07) is 20.0. The Morgan fingerprint density at radius 1 is 1.06 bits per heavy atom. The van der Waals surface area contributed by atoms with Crippen molar-refractivity contribution in [3.8, 4) is 16.9 Å². The molecule has 9 heteroatoms. The first kappa shape index (κ1) is 23.2. The summed E-state index contributed by atoms with van der Waals surface area (Å²) in [4.78, 5) is 28.4. The normalized spacial score (nSPS) is 14.6. The van der Waals surface area contributed by atoms with Gasteiger partial charge >= 0.3 is 12.1 Å². The van der Waals surface area contributed by atoms with Crippen LogP contribution in [0.15, 0.2) is 79.1 Å². The van der Waals surface area contributed by atoms with Crippen molar-refractivity contribution >= 4 is 17.9 Å². The Labute approximate surface area is 206 Å². The number of pyridine rings is 1. The fourth-order valence-electron chi connectivity index (χ4n) is 4.11. The van der Waals surface area contributed by atoms with Gasteiger partial charge in [-0.3, -0.25) is 15.1 Å². The van der Waals surface area contributed by atoms with E-state index in [-0.39, 0.29) is 5.82 Å². The number of hydrogen-bond acceptors (Lipinski definition) is 5. The van der Waals surface area contributed by atoms with Gasteiger partial charge in [0.25, 0.3) is 0 Å². The van der Waals surface area contributed by atoms with Crippen molar-refractivity contribution in [2.45, 2.75) is 31.3 Å². The van der Waals surface area contributed by atoms with Gasteiger partial charge < -0.3 is 9.84 Å². The number of nitrogens with one attached hydrogen (secondary N) is 1. The van der Waals surface area contributed by atoms with Gasteiger partial charge in [0, 0.05) is 5.56 Å². The van der Waals surface area contributed by atoms with Crippen molar-refractivity contribution in [2.75, 3.05) is 5.32 Å². The van der Waals surface area contributed by atoms with Crippen LogP contribution >= 0.6 is 0 Å². The van der Waals surface area contributed by atoms with Crippen LogP contribution in [0.4, 0.5) is 15.0 Å². The summed E-state index contributed by atoms with van der Waals surface area (Å²) < 4.78 is 21.0. The highest BCUT2D eigenvalue weighted by atomic mass is 19.1. The maximum absolute atomic E-state index is 14.4. The van der Waals surface area contributed by atoms with E-state index < -0.39 is 29.4 Å². The molecule has 2 aromatic heterocycles. The van der Waals surface area contributed by atoms with Gasteiger partial charge in [-0.1, -0.05) is 54.6 Å². The lowest BCUT2D eigenvalue weighted by molar-refractivity contribution is -0.140. The van der Waals surface area contributed by atoms with E-state index >= 15 is 0 Å². The molecule has 1 fully saturated rings. The maximum atomic E-state index is 14.4. The number of aromatic nitrogens is 3. The zero-order valence-corrected chi connectivity index (χ0v) is 19.4. The molecule has 1 atom stereocenters. The van der Waals surface area contributed by atoms with E-state index in [1.54, 1.807) is 19.1 Å². The monoisotopic (exact) mass is 486 g/mol. The van der Waals surface area contributed by atoms with Crippen molar-refractivity contribution in [1.29, 1.82) is 0 Å². The quantitative estimate of drug-likeness (QED) is 0.357. The van der Waals surface area contributed by atoms with Crippen LogP contribution in [0.5, 0.6) is 0 Å². The standard InChI is InChI=1S/C27H23FN4O4/c1-17(18-5-3-2-4-6-18)36-26(35)31-24-22(28)16-30-32(24)21-11-12-23(29-15-21)19-7-9-20(10-8-19)27(13-14-27)25(33)34/h2-12,15-17H,13-14H2,1H3,(H,31,35)(H,33,34). The van der Waals surface area contributed by atoms with E-state index in [0.717, 1.165) is 22.9 Å². The fourth-order valence-corrected chi connectivity index (χ4v) is 4.11. The molecular formula is C27H23FN4O4. The van der Waals surface area contributed by atoms with Gasteiger partial charge in [0.05, 0.1) is 29.2 Å². The zero-order chi connectivity index (χ0) is 25.3. The molecule has 1 unspecified atom stereocenters. The van der Waals surface area contributed by atoms with Crippen LogP contribution in [0.25, 0.3) is 16.9 Å². The lowest BCUT2D eigenvalue weighted by atomic mass is 9.95. The third-order valence-corrected chi connectivity index (χ3v) is 6.38. The molecule has 0 radical (unpaired) electrons. The van der Waals surface area contributed by atoms with Crippen molar-refractivity contribution in [3.63, 3.8) is 0 Å². The topological polar surface area (TPSA) is 106 Å². The highest BCUT2D eigenvalue weighted by molar-refractivity contribution is 5.85. The maximum Gasteiger partial charge on any atom is 0.413 e. The second-order valence-electron chi connectivity index (χ2n) is 8.70. The third kappa shape index (κ3) is 4.43.